The summed E-state index contributed by atoms with van der Waals surface area (Å²) in [4.78, 5) is 26.2. The zero-order valence-electron chi connectivity index (χ0n) is 17.2. The molecule has 0 atom stereocenters. The van der Waals surface area contributed by atoms with Gasteiger partial charge in [0.05, 0.1) is 35.1 Å². The Morgan fingerprint density at radius 2 is 1.64 bits per heavy atom. The zero-order chi connectivity index (χ0) is 23.0. The van der Waals surface area contributed by atoms with Gasteiger partial charge in [0, 0.05) is 18.7 Å². The van der Waals surface area contributed by atoms with Crippen molar-refractivity contribution in [3.8, 4) is 11.5 Å². The summed E-state index contributed by atoms with van der Waals surface area (Å²) < 4.78 is 38.1. The van der Waals surface area contributed by atoms with Gasteiger partial charge in [0.25, 0.3) is 17.0 Å². The number of nitrogens with zero attached hydrogens (tertiary/aromatic N) is 4. The highest BCUT2D eigenvalue weighted by atomic mass is 32.2. The van der Waals surface area contributed by atoms with Gasteiger partial charge in [-0.2, -0.15) is 4.31 Å². The van der Waals surface area contributed by atoms with E-state index in [0.717, 1.165) is 16.7 Å². The first-order chi connectivity index (χ1) is 15.9. The van der Waals surface area contributed by atoms with E-state index in [1.807, 2.05) is 0 Å². The Labute approximate surface area is 193 Å². The maximum absolute atomic E-state index is 12.9. The fourth-order valence-electron chi connectivity index (χ4n) is 3.59. The summed E-state index contributed by atoms with van der Waals surface area (Å²) in [5.74, 6) is -0.592. The molecule has 2 aliphatic heterocycles. The summed E-state index contributed by atoms with van der Waals surface area (Å²) in [5.41, 5.74) is 1.18. The minimum absolute atomic E-state index is 0.0133. The molecule has 2 aromatic carbocycles. The highest BCUT2D eigenvalue weighted by molar-refractivity contribution is 7.99. The van der Waals surface area contributed by atoms with E-state index in [0.29, 0.717) is 43.0 Å². The number of thioether (sulfide) groups is 1. The van der Waals surface area contributed by atoms with Crippen molar-refractivity contribution in [3.63, 3.8) is 0 Å². The van der Waals surface area contributed by atoms with E-state index >= 15 is 0 Å². The van der Waals surface area contributed by atoms with Crippen LogP contribution >= 0.6 is 11.8 Å². The molecule has 5 rings (SSSR count). The predicted molar refractivity (Wildman–Crippen MR) is 117 cm³/mol. The van der Waals surface area contributed by atoms with E-state index in [4.69, 9.17) is 9.15 Å². The SMILES string of the molecule is O=C1c2ccccc2C(=O)N1CSc1nnc(-c2cccc(S(=O)(=O)N3CCOCC3)c2)o1. The number of hydrogen-bond donors (Lipinski definition) is 0. The van der Waals surface area contributed by atoms with Crippen molar-refractivity contribution in [2.75, 3.05) is 32.2 Å². The van der Waals surface area contributed by atoms with Gasteiger partial charge in [-0.05, 0) is 42.1 Å². The van der Waals surface area contributed by atoms with Crippen LogP contribution in [0.4, 0.5) is 0 Å². The number of benzene rings is 2. The molecule has 0 aliphatic carbocycles. The normalized spacial score (nSPS) is 16.9. The number of aromatic nitrogens is 2. The first kappa shape index (κ1) is 21.8. The van der Waals surface area contributed by atoms with Crippen molar-refractivity contribution in [3.05, 3.63) is 59.7 Å². The van der Waals surface area contributed by atoms with Gasteiger partial charge in [0.1, 0.15) is 0 Å². The molecule has 0 N–H and O–H groups in total. The molecule has 1 fully saturated rings. The fourth-order valence-corrected chi connectivity index (χ4v) is 5.75. The van der Waals surface area contributed by atoms with Crippen LogP contribution in [0.2, 0.25) is 0 Å². The Bertz CT molecular complexity index is 1300. The first-order valence-electron chi connectivity index (χ1n) is 10.0. The molecule has 33 heavy (non-hydrogen) atoms. The van der Waals surface area contributed by atoms with Crippen LogP contribution in [0.1, 0.15) is 20.7 Å². The number of imide groups is 1. The van der Waals surface area contributed by atoms with Crippen molar-refractivity contribution < 1.29 is 27.2 Å². The third-order valence-electron chi connectivity index (χ3n) is 5.29. The summed E-state index contributed by atoms with van der Waals surface area (Å²) in [6.45, 7) is 1.31. The maximum atomic E-state index is 12.9. The number of rotatable bonds is 6. The van der Waals surface area contributed by atoms with Crippen LogP contribution in [-0.4, -0.2) is 71.8 Å². The molecule has 1 aromatic heterocycles. The van der Waals surface area contributed by atoms with Crippen molar-refractivity contribution in [1.29, 1.82) is 0 Å². The van der Waals surface area contributed by atoms with Gasteiger partial charge in [-0.3, -0.25) is 14.5 Å². The minimum atomic E-state index is -3.67. The van der Waals surface area contributed by atoms with E-state index in [1.165, 1.54) is 16.4 Å². The largest absolute Gasteiger partial charge is 0.411 e. The van der Waals surface area contributed by atoms with Crippen LogP contribution in [0.3, 0.4) is 0 Å². The summed E-state index contributed by atoms with van der Waals surface area (Å²) in [5, 5.41) is 8.10. The quantitative estimate of drug-likeness (QED) is 0.381. The Morgan fingerprint density at radius 1 is 0.939 bits per heavy atom. The average Bonchev–Trinajstić information content (AvgIpc) is 3.42. The van der Waals surface area contributed by atoms with Gasteiger partial charge in [-0.25, -0.2) is 8.42 Å². The molecular formula is C21H18N4O6S2. The molecule has 3 aromatic rings. The van der Waals surface area contributed by atoms with Crippen molar-refractivity contribution in [2.45, 2.75) is 10.1 Å². The van der Waals surface area contributed by atoms with E-state index in [2.05, 4.69) is 10.2 Å². The molecule has 0 unspecified atom stereocenters. The lowest BCUT2D eigenvalue weighted by Gasteiger charge is -2.26. The molecule has 1 saturated heterocycles. The Hall–Kier alpha value is -3.06. The Balaban J connectivity index is 1.30. The molecule has 10 nitrogen and oxygen atoms in total. The number of hydrogen-bond acceptors (Lipinski definition) is 9. The van der Waals surface area contributed by atoms with Gasteiger partial charge < -0.3 is 9.15 Å². The minimum Gasteiger partial charge on any atom is -0.411 e. The third-order valence-corrected chi connectivity index (χ3v) is 7.98. The topological polar surface area (TPSA) is 123 Å². The summed E-state index contributed by atoms with van der Waals surface area (Å²) >= 11 is 1.05. The van der Waals surface area contributed by atoms with Crippen LogP contribution in [-0.2, 0) is 14.8 Å². The van der Waals surface area contributed by atoms with E-state index in [1.54, 1.807) is 36.4 Å². The Kier molecular flexibility index (Phi) is 5.74. The number of amides is 2. The van der Waals surface area contributed by atoms with Crippen LogP contribution in [0.5, 0.6) is 0 Å². The van der Waals surface area contributed by atoms with Crippen molar-refractivity contribution in [2.24, 2.45) is 0 Å². The predicted octanol–water partition coefficient (Wildman–Crippen LogP) is 2.10. The van der Waals surface area contributed by atoms with Crippen LogP contribution in [0, 0.1) is 0 Å². The maximum Gasteiger partial charge on any atom is 0.278 e. The lowest BCUT2D eigenvalue weighted by molar-refractivity contribution is 0.0684. The molecule has 0 saturated carbocycles. The molecule has 0 bridgehead atoms. The number of fused-ring (bicyclic) bond motifs is 1. The molecule has 2 amide bonds. The fraction of sp³-hybridized carbons (Fsp3) is 0.238. The smallest absolute Gasteiger partial charge is 0.278 e. The number of ether oxygens (including phenoxy) is 1. The molecule has 0 spiro atoms. The van der Waals surface area contributed by atoms with E-state index < -0.39 is 10.0 Å². The second-order valence-electron chi connectivity index (χ2n) is 7.27. The molecule has 3 heterocycles. The second-order valence-corrected chi connectivity index (χ2v) is 10.1. The molecule has 12 heteroatoms. The van der Waals surface area contributed by atoms with Crippen LogP contribution in [0.15, 0.2) is 63.1 Å². The van der Waals surface area contributed by atoms with Gasteiger partial charge in [0.15, 0.2) is 0 Å². The van der Waals surface area contributed by atoms with Gasteiger partial charge in [-0.1, -0.05) is 18.2 Å². The monoisotopic (exact) mass is 486 g/mol. The summed E-state index contributed by atoms with van der Waals surface area (Å²) in [6, 6.07) is 12.9. The number of sulfonamides is 1. The number of carbonyl (C=O) groups excluding carboxylic acids is 2. The Morgan fingerprint density at radius 3 is 2.33 bits per heavy atom. The van der Waals surface area contributed by atoms with Crippen molar-refractivity contribution >= 4 is 33.6 Å². The zero-order valence-corrected chi connectivity index (χ0v) is 18.8. The molecule has 170 valence electrons. The van der Waals surface area contributed by atoms with Crippen molar-refractivity contribution in [1.82, 2.24) is 19.4 Å². The molecular weight excluding hydrogens is 468 g/mol. The number of morpholine rings is 1. The van der Waals surface area contributed by atoms with Gasteiger partial charge in [0.2, 0.25) is 15.9 Å². The summed E-state index contributed by atoms with van der Waals surface area (Å²) in [6.07, 6.45) is 0. The molecule has 2 aliphatic rings. The first-order valence-corrected chi connectivity index (χ1v) is 12.5. The average molecular weight is 487 g/mol. The van der Waals surface area contributed by atoms with E-state index in [9.17, 15) is 18.0 Å². The second kappa shape index (κ2) is 8.71. The molecule has 0 radical (unpaired) electrons. The lowest BCUT2D eigenvalue weighted by atomic mass is 10.1. The number of carbonyl (C=O) groups is 2. The highest BCUT2D eigenvalue weighted by Gasteiger charge is 2.35. The van der Waals surface area contributed by atoms with Gasteiger partial charge >= 0.3 is 0 Å². The standard InChI is InChI=1S/C21H18N4O6S2/c26-19-16-6-1-2-7-17(16)20(27)25(19)13-32-21-23-22-18(31-21)14-4-3-5-15(12-14)33(28,29)24-8-10-30-11-9-24/h1-7,12H,8-11,13H2. The van der Waals surface area contributed by atoms with E-state index in [-0.39, 0.29) is 33.7 Å². The van der Waals surface area contributed by atoms with Crippen LogP contribution in [0.25, 0.3) is 11.5 Å². The van der Waals surface area contributed by atoms with Gasteiger partial charge in [-0.15, -0.1) is 10.2 Å². The highest BCUT2D eigenvalue weighted by Crippen LogP contribution is 2.29. The summed E-state index contributed by atoms with van der Waals surface area (Å²) in [7, 11) is -3.67. The third kappa shape index (κ3) is 4.06. The van der Waals surface area contributed by atoms with Crippen LogP contribution < -0.4 is 0 Å². The lowest BCUT2D eigenvalue weighted by Crippen LogP contribution is -2.40.